The van der Waals surface area contributed by atoms with Crippen LogP contribution in [0.1, 0.15) is 5.56 Å². The second-order valence-corrected chi connectivity index (χ2v) is 3.63. The number of aryl methyl sites for hydroxylation is 1. The van der Waals surface area contributed by atoms with Crippen molar-refractivity contribution in [3.8, 4) is 11.3 Å². The Morgan fingerprint density at radius 1 is 1.47 bits per heavy atom. The molecule has 2 rings (SSSR count). The van der Waals surface area contributed by atoms with Gasteiger partial charge >= 0.3 is 0 Å². The molecule has 78 valence electrons. The van der Waals surface area contributed by atoms with Crippen molar-refractivity contribution in [1.29, 1.82) is 0 Å². The number of aromatic amines is 1. The molecule has 0 amide bonds. The third-order valence-corrected chi connectivity index (χ3v) is 2.38. The van der Waals surface area contributed by atoms with E-state index in [2.05, 4.69) is 9.97 Å². The van der Waals surface area contributed by atoms with E-state index in [1.165, 1.54) is 6.07 Å². The highest BCUT2D eigenvalue weighted by molar-refractivity contribution is 6.32. The molecule has 0 saturated heterocycles. The summed E-state index contributed by atoms with van der Waals surface area (Å²) >= 11 is 5.88. The van der Waals surface area contributed by atoms with Crippen molar-refractivity contribution in [2.75, 3.05) is 5.73 Å². The number of nitrogens with two attached hydrogens (primary N) is 1. The van der Waals surface area contributed by atoms with Gasteiger partial charge in [-0.15, -0.1) is 0 Å². The molecule has 0 aliphatic heterocycles. The standard InChI is InChI=1S/C10H9ClFN3/c1-5-4-6(2-3-7(5)12)8-9(11)15-10(13)14-8/h2-4H,1H3,(H3,13,14,15). The average Bonchev–Trinajstić information content (AvgIpc) is 2.50. The van der Waals surface area contributed by atoms with Crippen LogP contribution in [-0.4, -0.2) is 9.97 Å². The highest BCUT2D eigenvalue weighted by Crippen LogP contribution is 2.27. The zero-order valence-corrected chi connectivity index (χ0v) is 8.77. The van der Waals surface area contributed by atoms with Crippen LogP contribution >= 0.6 is 11.6 Å². The number of anilines is 1. The Morgan fingerprint density at radius 3 is 2.73 bits per heavy atom. The quantitative estimate of drug-likeness (QED) is 0.784. The lowest BCUT2D eigenvalue weighted by Gasteiger charge is -2.00. The van der Waals surface area contributed by atoms with E-state index in [-0.39, 0.29) is 11.8 Å². The number of nitrogens with zero attached hydrogens (tertiary/aromatic N) is 1. The third kappa shape index (κ3) is 1.80. The first-order chi connectivity index (χ1) is 7.08. The Morgan fingerprint density at radius 2 is 2.20 bits per heavy atom. The zero-order chi connectivity index (χ0) is 11.0. The molecular formula is C10H9ClFN3. The van der Waals surface area contributed by atoms with Gasteiger partial charge in [-0.3, -0.25) is 0 Å². The molecule has 0 atom stereocenters. The smallest absolute Gasteiger partial charge is 0.199 e. The Balaban J connectivity index is 2.54. The summed E-state index contributed by atoms with van der Waals surface area (Å²) in [5.41, 5.74) is 7.29. The summed E-state index contributed by atoms with van der Waals surface area (Å²) in [6, 6.07) is 4.67. The van der Waals surface area contributed by atoms with Crippen molar-refractivity contribution in [2.45, 2.75) is 6.92 Å². The van der Waals surface area contributed by atoms with E-state index in [9.17, 15) is 4.39 Å². The molecule has 0 saturated carbocycles. The van der Waals surface area contributed by atoms with Gasteiger partial charge in [0.15, 0.2) is 5.95 Å². The first kappa shape index (κ1) is 9.98. The van der Waals surface area contributed by atoms with E-state index < -0.39 is 0 Å². The molecule has 1 aromatic carbocycles. The lowest BCUT2D eigenvalue weighted by atomic mass is 10.1. The van der Waals surface area contributed by atoms with Crippen LogP contribution in [0.2, 0.25) is 5.15 Å². The van der Waals surface area contributed by atoms with Crippen LogP contribution < -0.4 is 5.73 Å². The summed E-state index contributed by atoms with van der Waals surface area (Å²) in [7, 11) is 0. The van der Waals surface area contributed by atoms with E-state index in [0.29, 0.717) is 16.4 Å². The molecule has 1 aromatic heterocycles. The fourth-order valence-electron chi connectivity index (χ4n) is 1.35. The summed E-state index contributed by atoms with van der Waals surface area (Å²) < 4.78 is 13.0. The zero-order valence-electron chi connectivity index (χ0n) is 8.01. The molecule has 15 heavy (non-hydrogen) atoms. The van der Waals surface area contributed by atoms with Gasteiger partial charge in [0.1, 0.15) is 16.7 Å². The van der Waals surface area contributed by atoms with Crippen molar-refractivity contribution < 1.29 is 4.39 Å². The van der Waals surface area contributed by atoms with Crippen LogP contribution in [0.15, 0.2) is 18.2 Å². The Hall–Kier alpha value is -1.55. The number of nitrogen functional groups attached to an aromatic ring is 1. The number of benzene rings is 1. The summed E-state index contributed by atoms with van der Waals surface area (Å²) in [4.78, 5) is 6.70. The minimum atomic E-state index is -0.251. The molecule has 0 aliphatic carbocycles. The van der Waals surface area contributed by atoms with Crippen LogP contribution in [0.4, 0.5) is 10.3 Å². The predicted octanol–water partition coefficient (Wildman–Crippen LogP) is 2.76. The van der Waals surface area contributed by atoms with Crippen molar-refractivity contribution in [3.63, 3.8) is 0 Å². The minimum Gasteiger partial charge on any atom is -0.369 e. The first-order valence-electron chi connectivity index (χ1n) is 4.35. The second kappa shape index (κ2) is 3.55. The molecule has 0 bridgehead atoms. The number of H-pyrrole nitrogens is 1. The van der Waals surface area contributed by atoms with Gasteiger partial charge < -0.3 is 10.7 Å². The number of imidazole rings is 1. The van der Waals surface area contributed by atoms with Crippen LogP contribution in [0, 0.1) is 12.7 Å². The van der Waals surface area contributed by atoms with E-state index in [4.69, 9.17) is 17.3 Å². The van der Waals surface area contributed by atoms with Gasteiger partial charge in [-0.2, -0.15) is 0 Å². The van der Waals surface area contributed by atoms with Crippen molar-refractivity contribution in [3.05, 3.63) is 34.7 Å². The predicted molar refractivity (Wildman–Crippen MR) is 58.1 cm³/mol. The summed E-state index contributed by atoms with van der Waals surface area (Å²) in [5.74, 6) is -0.00430. The summed E-state index contributed by atoms with van der Waals surface area (Å²) in [6.45, 7) is 1.68. The first-order valence-corrected chi connectivity index (χ1v) is 4.73. The monoisotopic (exact) mass is 225 g/mol. The SMILES string of the molecule is Cc1cc(-c2nc(N)[nH]c2Cl)ccc1F. The molecule has 3 nitrogen and oxygen atoms in total. The maximum absolute atomic E-state index is 13.0. The normalized spacial score (nSPS) is 10.6. The fourth-order valence-corrected chi connectivity index (χ4v) is 1.60. The molecular weight excluding hydrogens is 217 g/mol. The van der Waals surface area contributed by atoms with Gasteiger partial charge in [-0.05, 0) is 30.7 Å². The molecule has 3 N–H and O–H groups in total. The fraction of sp³-hybridized carbons (Fsp3) is 0.100. The Bertz CT molecular complexity index is 507. The third-order valence-electron chi connectivity index (χ3n) is 2.11. The summed E-state index contributed by atoms with van der Waals surface area (Å²) in [5, 5.41) is 0.360. The van der Waals surface area contributed by atoms with E-state index in [1.807, 2.05) is 0 Å². The Kier molecular flexibility index (Phi) is 2.36. The van der Waals surface area contributed by atoms with Crippen LogP contribution in [0.5, 0.6) is 0 Å². The van der Waals surface area contributed by atoms with Crippen molar-refractivity contribution in [1.82, 2.24) is 9.97 Å². The highest BCUT2D eigenvalue weighted by atomic mass is 35.5. The number of rotatable bonds is 1. The van der Waals surface area contributed by atoms with Crippen molar-refractivity contribution >= 4 is 17.5 Å². The van der Waals surface area contributed by atoms with Gasteiger partial charge in [0.05, 0.1) is 0 Å². The highest BCUT2D eigenvalue weighted by Gasteiger charge is 2.10. The number of aromatic nitrogens is 2. The summed E-state index contributed by atoms with van der Waals surface area (Å²) in [6.07, 6.45) is 0. The molecule has 0 spiro atoms. The minimum absolute atomic E-state index is 0.247. The number of nitrogens with one attached hydrogen (secondary N) is 1. The number of halogens is 2. The van der Waals surface area contributed by atoms with E-state index >= 15 is 0 Å². The van der Waals surface area contributed by atoms with Gasteiger partial charge in [0.25, 0.3) is 0 Å². The molecule has 0 unspecified atom stereocenters. The van der Waals surface area contributed by atoms with Gasteiger partial charge in [-0.1, -0.05) is 11.6 Å². The molecule has 1 heterocycles. The number of hydrogen-bond acceptors (Lipinski definition) is 2. The largest absolute Gasteiger partial charge is 0.369 e. The van der Waals surface area contributed by atoms with Crippen LogP contribution in [0.3, 0.4) is 0 Å². The second-order valence-electron chi connectivity index (χ2n) is 3.25. The molecule has 0 aliphatic rings. The topological polar surface area (TPSA) is 54.7 Å². The van der Waals surface area contributed by atoms with Crippen LogP contribution in [0.25, 0.3) is 11.3 Å². The molecule has 0 radical (unpaired) electrons. The van der Waals surface area contributed by atoms with Gasteiger partial charge in [-0.25, -0.2) is 9.37 Å². The molecule has 2 aromatic rings. The van der Waals surface area contributed by atoms with Crippen LogP contribution in [-0.2, 0) is 0 Å². The molecule has 5 heteroatoms. The number of hydrogen-bond donors (Lipinski definition) is 2. The molecule has 0 fully saturated rings. The maximum atomic E-state index is 13.0. The van der Waals surface area contributed by atoms with E-state index in [1.54, 1.807) is 19.1 Å². The maximum Gasteiger partial charge on any atom is 0.199 e. The van der Waals surface area contributed by atoms with Crippen molar-refractivity contribution in [2.24, 2.45) is 0 Å². The average molecular weight is 226 g/mol. The van der Waals surface area contributed by atoms with Gasteiger partial charge in [0, 0.05) is 5.56 Å². The lowest BCUT2D eigenvalue weighted by Crippen LogP contribution is -1.87. The lowest BCUT2D eigenvalue weighted by molar-refractivity contribution is 0.619. The van der Waals surface area contributed by atoms with Gasteiger partial charge in [0.2, 0.25) is 0 Å². The van der Waals surface area contributed by atoms with E-state index in [0.717, 1.165) is 5.56 Å². The Labute approximate surface area is 91.1 Å².